The number of ketones is 1. The summed E-state index contributed by atoms with van der Waals surface area (Å²) < 4.78 is 5.98. The van der Waals surface area contributed by atoms with Gasteiger partial charge in [-0.15, -0.1) is 0 Å². The quantitative estimate of drug-likeness (QED) is 0.815. The summed E-state index contributed by atoms with van der Waals surface area (Å²) in [5, 5.41) is 7.34. The van der Waals surface area contributed by atoms with Crippen molar-refractivity contribution in [2.75, 3.05) is 7.11 Å². The second-order valence-corrected chi connectivity index (χ2v) is 4.55. The molecule has 2 aromatic rings. The third-order valence-electron chi connectivity index (χ3n) is 2.49. The van der Waals surface area contributed by atoms with E-state index >= 15 is 0 Å². The van der Waals surface area contributed by atoms with Crippen LogP contribution in [-0.4, -0.2) is 23.1 Å². The molecule has 0 spiro atoms. The van der Waals surface area contributed by atoms with Gasteiger partial charge in [-0.05, 0) is 39.7 Å². The zero-order valence-corrected chi connectivity index (χ0v) is 11.3. The average molecular weight is 307 g/mol. The van der Waals surface area contributed by atoms with Gasteiger partial charge in [0.25, 0.3) is 0 Å². The SMILES string of the molecule is COc1ccc(CC(=O)c2ccnnc2)cc1Br. The minimum absolute atomic E-state index is 0.0157. The van der Waals surface area contributed by atoms with E-state index in [0.717, 1.165) is 15.8 Å². The van der Waals surface area contributed by atoms with Crippen LogP contribution in [0.5, 0.6) is 5.75 Å². The van der Waals surface area contributed by atoms with E-state index in [-0.39, 0.29) is 5.78 Å². The molecule has 1 aromatic heterocycles. The summed E-state index contributed by atoms with van der Waals surface area (Å²) in [4.78, 5) is 12.0. The molecule has 18 heavy (non-hydrogen) atoms. The molecular formula is C13H11BrN2O2. The largest absolute Gasteiger partial charge is 0.496 e. The van der Waals surface area contributed by atoms with Crippen molar-refractivity contribution >= 4 is 21.7 Å². The van der Waals surface area contributed by atoms with Gasteiger partial charge in [-0.1, -0.05) is 6.07 Å². The van der Waals surface area contributed by atoms with Gasteiger partial charge in [-0.25, -0.2) is 0 Å². The van der Waals surface area contributed by atoms with Crippen LogP contribution in [0.2, 0.25) is 0 Å². The van der Waals surface area contributed by atoms with Crippen LogP contribution in [0.15, 0.2) is 41.1 Å². The molecule has 0 bridgehead atoms. The fraction of sp³-hybridized carbons (Fsp3) is 0.154. The Hall–Kier alpha value is -1.75. The van der Waals surface area contributed by atoms with Crippen LogP contribution in [0, 0.1) is 0 Å². The highest BCUT2D eigenvalue weighted by Crippen LogP contribution is 2.25. The topological polar surface area (TPSA) is 52.1 Å². The minimum Gasteiger partial charge on any atom is -0.496 e. The summed E-state index contributed by atoms with van der Waals surface area (Å²) in [6.07, 6.45) is 3.31. The van der Waals surface area contributed by atoms with E-state index < -0.39 is 0 Å². The second-order valence-electron chi connectivity index (χ2n) is 3.70. The summed E-state index contributed by atoms with van der Waals surface area (Å²) in [6, 6.07) is 7.24. The average Bonchev–Trinajstić information content (AvgIpc) is 2.40. The zero-order chi connectivity index (χ0) is 13.0. The fourth-order valence-corrected chi connectivity index (χ4v) is 2.15. The van der Waals surface area contributed by atoms with Gasteiger partial charge in [0.2, 0.25) is 0 Å². The van der Waals surface area contributed by atoms with Gasteiger partial charge in [0.05, 0.1) is 24.0 Å². The van der Waals surface area contributed by atoms with E-state index in [1.54, 1.807) is 13.2 Å². The van der Waals surface area contributed by atoms with E-state index in [1.165, 1.54) is 12.4 Å². The molecular weight excluding hydrogens is 296 g/mol. The lowest BCUT2D eigenvalue weighted by Gasteiger charge is -2.05. The van der Waals surface area contributed by atoms with Crippen LogP contribution in [0.1, 0.15) is 15.9 Å². The number of Topliss-reactive ketones (excluding diaryl/α,β-unsaturated/α-hetero) is 1. The summed E-state index contributed by atoms with van der Waals surface area (Å²) in [6.45, 7) is 0. The molecule has 0 radical (unpaired) electrons. The molecule has 0 saturated heterocycles. The van der Waals surface area contributed by atoms with Crippen LogP contribution >= 0.6 is 15.9 Å². The van der Waals surface area contributed by atoms with E-state index in [9.17, 15) is 4.79 Å². The van der Waals surface area contributed by atoms with Gasteiger partial charge in [-0.2, -0.15) is 10.2 Å². The molecule has 92 valence electrons. The number of carbonyl (C=O) groups excluding carboxylic acids is 1. The molecule has 0 fully saturated rings. The number of carbonyl (C=O) groups is 1. The van der Waals surface area contributed by atoms with Gasteiger partial charge >= 0.3 is 0 Å². The molecule has 2 rings (SSSR count). The third-order valence-corrected chi connectivity index (χ3v) is 3.11. The summed E-state index contributed by atoms with van der Waals surface area (Å²) >= 11 is 3.39. The molecule has 0 aliphatic heterocycles. The van der Waals surface area contributed by atoms with Crippen LogP contribution in [0.4, 0.5) is 0 Å². The van der Waals surface area contributed by atoms with Crippen molar-refractivity contribution < 1.29 is 9.53 Å². The van der Waals surface area contributed by atoms with Gasteiger partial charge in [-0.3, -0.25) is 4.79 Å². The third kappa shape index (κ3) is 2.92. The molecule has 1 heterocycles. The Bertz CT molecular complexity index is 558. The smallest absolute Gasteiger partial charge is 0.168 e. The van der Waals surface area contributed by atoms with Crippen molar-refractivity contribution in [1.29, 1.82) is 0 Å². The first kappa shape index (κ1) is 12.7. The Labute approximate surface area is 113 Å². The second kappa shape index (κ2) is 5.73. The molecule has 0 unspecified atom stereocenters. The fourth-order valence-electron chi connectivity index (χ4n) is 1.56. The van der Waals surface area contributed by atoms with Gasteiger partial charge in [0.1, 0.15) is 5.75 Å². The monoisotopic (exact) mass is 306 g/mol. The lowest BCUT2D eigenvalue weighted by atomic mass is 10.0. The number of hydrogen-bond acceptors (Lipinski definition) is 4. The van der Waals surface area contributed by atoms with Gasteiger partial charge < -0.3 is 4.74 Å². The number of rotatable bonds is 4. The van der Waals surface area contributed by atoms with Crippen LogP contribution in [-0.2, 0) is 6.42 Å². The summed E-state index contributed by atoms with van der Waals surface area (Å²) in [5.74, 6) is 0.763. The Balaban J connectivity index is 2.15. The van der Waals surface area contributed by atoms with Crippen LogP contribution in [0.25, 0.3) is 0 Å². The molecule has 4 nitrogen and oxygen atoms in total. The highest BCUT2D eigenvalue weighted by Gasteiger charge is 2.09. The van der Waals surface area contributed by atoms with Crippen molar-refractivity contribution in [3.05, 3.63) is 52.3 Å². The minimum atomic E-state index is 0.0157. The van der Waals surface area contributed by atoms with Crippen molar-refractivity contribution in [2.45, 2.75) is 6.42 Å². The number of benzene rings is 1. The number of aromatic nitrogens is 2. The van der Waals surface area contributed by atoms with E-state index in [0.29, 0.717) is 12.0 Å². The number of halogens is 1. The molecule has 0 amide bonds. The zero-order valence-electron chi connectivity index (χ0n) is 9.76. The maximum absolute atomic E-state index is 12.0. The van der Waals surface area contributed by atoms with Gasteiger partial charge in [0.15, 0.2) is 5.78 Å². The predicted molar refractivity (Wildman–Crippen MR) is 70.8 cm³/mol. The van der Waals surface area contributed by atoms with Crippen molar-refractivity contribution in [2.24, 2.45) is 0 Å². The van der Waals surface area contributed by atoms with Crippen LogP contribution in [0.3, 0.4) is 0 Å². The molecule has 0 atom stereocenters. The Morgan fingerprint density at radius 3 is 2.78 bits per heavy atom. The van der Waals surface area contributed by atoms with Crippen molar-refractivity contribution in [1.82, 2.24) is 10.2 Å². The van der Waals surface area contributed by atoms with E-state index in [2.05, 4.69) is 26.1 Å². The molecule has 0 saturated carbocycles. The number of nitrogens with zero attached hydrogens (tertiary/aromatic N) is 2. The predicted octanol–water partition coefficient (Wildman–Crippen LogP) is 2.67. The number of ether oxygens (including phenoxy) is 1. The van der Waals surface area contributed by atoms with Crippen molar-refractivity contribution in [3.8, 4) is 5.75 Å². The van der Waals surface area contributed by atoms with Gasteiger partial charge in [0, 0.05) is 12.0 Å². The van der Waals surface area contributed by atoms with Crippen LogP contribution < -0.4 is 4.74 Å². The Morgan fingerprint density at radius 2 is 2.17 bits per heavy atom. The molecule has 1 aromatic carbocycles. The number of hydrogen-bond donors (Lipinski definition) is 0. The lowest BCUT2D eigenvalue weighted by Crippen LogP contribution is -2.04. The normalized spacial score (nSPS) is 10.1. The molecule has 0 N–H and O–H groups in total. The standard InChI is InChI=1S/C13H11BrN2O2/c1-18-13-3-2-9(6-11(13)14)7-12(17)10-4-5-15-16-8-10/h2-6,8H,7H2,1H3. The van der Waals surface area contributed by atoms with Crippen molar-refractivity contribution in [3.63, 3.8) is 0 Å². The molecule has 0 aliphatic rings. The Morgan fingerprint density at radius 1 is 1.33 bits per heavy atom. The lowest BCUT2D eigenvalue weighted by molar-refractivity contribution is 0.0992. The highest BCUT2D eigenvalue weighted by atomic mass is 79.9. The first-order valence-electron chi connectivity index (χ1n) is 5.33. The maximum atomic E-state index is 12.0. The molecule has 5 heteroatoms. The first-order valence-corrected chi connectivity index (χ1v) is 6.12. The summed E-state index contributed by atoms with van der Waals surface area (Å²) in [5.41, 5.74) is 1.49. The number of methoxy groups -OCH3 is 1. The summed E-state index contributed by atoms with van der Waals surface area (Å²) in [7, 11) is 1.60. The van der Waals surface area contributed by atoms with E-state index in [1.807, 2.05) is 18.2 Å². The highest BCUT2D eigenvalue weighted by molar-refractivity contribution is 9.10. The Kier molecular flexibility index (Phi) is 4.04. The maximum Gasteiger partial charge on any atom is 0.168 e. The van der Waals surface area contributed by atoms with E-state index in [4.69, 9.17) is 4.74 Å². The molecule has 0 aliphatic carbocycles. The first-order chi connectivity index (χ1) is 8.70.